The fourth-order valence-electron chi connectivity index (χ4n) is 8.98. The molecule has 0 spiro atoms. The third-order valence-electron chi connectivity index (χ3n) is 12.8. The van der Waals surface area contributed by atoms with E-state index in [4.69, 9.17) is 62.8 Å². The van der Waals surface area contributed by atoms with Gasteiger partial charge in [0, 0.05) is 38.6 Å². The van der Waals surface area contributed by atoms with Crippen LogP contribution in [0.25, 0.3) is 0 Å². The number of hydrogen-bond donors (Lipinski definition) is 15. The van der Waals surface area contributed by atoms with Gasteiger partial charge >= 0.3 is 0 Å². The molecule has 0 aromatic heterocycles. The number of aliphatic imine (C=N–C) groups is 1. The van der Waals surface area contributed by atoms with Crippen molar-refractivity contribution in [1.82, 2.24) is 10.6 Å². The molecular formula is C38H73N9O14. The first-order chi connectivity index (χ1) is 29.0. The lowest BCUT2D eigenvalue weighted by Crippen LogP contribution is -2.67. The first kappa shape index (κ1) is 50.0. The zero-order valence-electron chi connectivity index (χ0n) is 35.0. The van der Waals surface area contributed by atoms with Gasteiger partial charge in [0.15, 0.2) is 24.8 Å². The zero-order chi connectivity index (χ0) is 44.6. The molecule has 2 saturated carbocycles. The first-order valence-electron chi connectivity index (χ1n) is 21.7. The number of aliphatic hydroxyl groups is 7. The van der Waals surface area contributed by atoms with Crippen LogP contribution in [0.5, 0.6) is 0 Å². The highest BCUT2D eigenvalue weighted by Crippen LogP contribution is 2.35. The molecule has 354 valence electrons. The summed E-state index contributed by atoms with van der Waals surface area (Å²) >= 11 is 0. The summed E-state index contributed by atoms with van der Waals surface area (Å²) in [4.78, 5) is 16.9. The summed E-state index contributed by atoms with van der Waals surface area (Å²) in [5.41, 5.74) is 34.9. The molecule has 5 rings (SSSR count). The Morgan fingerprint density at radius 1 is 0.852 bits per heavy atom. The number of hydrogen-bond acceptors (Lipinski definition) is 20. The van der Waals surface area contributed by atoms with E-state index in [1.165, 1.54) is 0 Å². The zero-order valence-corrected chi connectivity index (χ0v) is 35.0. The molecule has 0 aromatic rings. The van der Waals surface area contributed by atoms with Gasteiger partial charge in [-0.05, 0) is 44.4 Å². The van der Waals surface area contributed by atoms with E-state index < -0.39 is 122 Å². The van der Waals surface area contributed by atoms with Crippen LogP contribution in [0.1, 0.15) is 71.1 Å². The van der Waals surface area contributed by atoms with Crippen LogP contribution in [0.2, 0.25) is 0 Å². The van der Waals surface area contributed by atoms with E-state index in [-0.39, 0.29) is 38.0 Å². The van der Waals surface area contributed by atoms with Crippen molar-refractivity contribution in [2.75, 3.05) is 32.8 Å². The van der Waals surface area contributed by atoms with Gasteiger partial charge < -0.3 is 109 Å². The van der Waals surface area contributed by atoms with Gasteiger partial charge in [0.2, 0.25) is 5.91 Å². The van der Waals surface area contributed by atoms with E-state index in [0.717, 1.165) is 38.5 Å². The molecule has 23 heteroatoms. The molecule has 23 nitrogen and oxygen atoms in total. The summed E-state index contributed by atoms with van der Waals surface area (Å²) in [5.74, 6) is -0.440. The summed E-state index contributed by atoms with van der Waals surface area (Å²) in [6.45, 7) is 2.08. The minimum atomic E-state index is -1.68. The molecule has 21 N–H and O–H groups in total. The quantitative estimate of drug-likeness (QED) is 0.0346. The summed E-state index contributed by atoms with van der Waals surface area (Å²) in [5, 5.41) is 82.3. The summed E-state index contributed by atoms with van der Waals surface area (Å²) in [6.07, 6.45) is -11.9. The Hall–Kier alpha value is -1.98. The Morgan fingerprint density at radius 2 is 1.56 bits per heavy atom. The number of nitrogens with two attached hydrogens (primary N) is 6. The average Bonchev–Trinajstić information content (AvgIpc) is 3.38. The van der Waals surface area contributed by atoms with Crippen LogP contribution in [-0.2, 0) is 33.2 Å². The van der Waals surface area contributed by atoms with Crippen molar-refractivity contribution in [2.45, 2.75) is 187 Å². The molecular weight excluding hydrogens is 806 g/mol. The number of nitrogens with one attached hydrogen (secondary N) is 2. The summed E-state index contributed by atoms with van der Waals surface area (Å²) in [6, 6.07) is -3.98. The van der Waals surface area contributed by atoms with Crippen molar-refractivity contribution in [2.24, 2.45) is 45.3 Å². The molecule has 3 saturated heterocycles. The van der Waals surface area contributed by atoms with E-state index in [0.29, 0.717) is 31.8 Å². The molecule has 1 amide bonds. The fraction of sp³-hybridized carbons (Fsp3) is 0.947. The highest BCUT2D eigenvalue weighted by atomic mass is 16.8. The van der Waals surface area contributed by atoms with E-state index in [1.54, 1.807) is 0 Å². The van der Waals surface area contributed by atoms with E-state index in [9.17, 15) is 40.5 Å². The SMILES string of the molecule is CCC1CCCC(O)(CNCC2CCC(N)C(OC3C(N)CC(NC(=O)C(O)CCN=C(N)N)C(O)C3OC3OC(CO)C(OC4OC(CN)C(O)C(O)C4N)C3O)O2)CC1. The Labute approximate surface area is 356 Å². The van der Waals surface area contributed by atoms with Gasteiger partial charge in [-0.15, -0.1) is 0 Å². The molecule has 3 heterocycles. The second kappa shape index (κ2) is 22.8. The highest BCUT2D eigenvalue weighted by Gasteiger charge is 2.54. The summed E-state index contributed by atoms with van der Waals surface area (Å²) < 4.78 is 36.6. The van der Waals surface area contributed by atoms with E-state index in [1.807, 2.05) is 0 Å². The predicted molar refractivity (Wildman–Crippen MR) is 216 cm³/mol. The van der Waals surface area contributed by atoms with Crippen LogP contribution in [0.15, 0.2) is 4.99 Å². The number of guanidine groups is 1. The van der Waals surface area contributed by atoms with Crippen molar-refractivity contribution in [3.05, 3.63) is 0 Å². The first-order valence-corrected chi connectivity index (χ1v) is 21.7. The number of nitrogens with zero attached hydrogens (tertiary/aromatic N) is 1. The van der Waals surface area contributed by atoms with Crippen LogP contribution in [-0.4, -0.2) is 196 Å². The molecule has 0 radical (unpaired) electrons. The van der Waals surface area contributed by atoms with E-state index in [2.05, 4.69) is 22.5 Å². The van der Waals surface area contributed by atoms with Gasteiger partial charge in [-0.2, -0.15) is 0 Å². The maximum Gasteiger partial charge on any atom is 0.249 e. The van der Waals surface area contributed by atoms with Gasteiger partial charge in [0.05, 0.1) is 36.4 Å². The standard InChI is InChI=1S/C38H73N9O14/c1-2-17-4-3-9-38(55,10-7-17)16-45-14-18-5-6-19(40)34(56-18)59-30-20(41)12-21(47-33(54)22(49)8-11-46-37(43)44)26(50)32(30)61-36-29(53)31(24(15-48)58-36)60-35-25(42)28(52)27(51)23(13-39)57-35/h17-32,34-36,45,48-53,55H,2-16,39-42H2,1H3,(H,47,54)(H4,43,44,46). The number of aliphatic hydroxyl groups excluding tert-OH is 6. The third kappa shape index (κ3) is 12.9. The molecule has 3 aliphatic heterocycles. The van der Waals surface area contributed by atoms with Crippen molar-refractivity contribution < 1.29 is 69.0 Å². The van der Waals surface area contributed by atoms with Crippen LogP contribution in [0.3, 0.4) is 0 Å². The highest BCUT2D eigenvalue weighted by molar-refractivity contribution is 5.81. The smallest absolute Gasteiger partial charge is 0.249 e. The Bertz CT molecular complexity index is 1390. The van der Waals surface area contributed by atoms with Crippen molar-refractivity contribution in [3.8, 4) is 0 Å². The maximum absolute atomic E-state index is 13.1. The lowest BCUT2D eigenvalue weighted by molar-refractivity contribution is -0.290. The molecule has 5 fully saturated rings. The number of carbonyl (C=O) groups is 1. The molecule has 20 atom stereocenters. The fourth-order valence-corrected chi connectivity index (χ4v) is 8.98. The predicted octanol–water partition coefficient (Wildman–Crippen LogP) is -6.30. The Kier molecular flexibility index (Phi) is 18.7. The number of amides is 1. The Morgan fingerprint density at radius 3 is 2.25 bits per heavy atom. The minimum absolute atomic E-state index is 0.0426. The van der Waals surface area contributed by atoms with Crippen LogP contribution in [0.4, 0.5) is 0 Å². The topological polar surface area (TPSA) is 407 Å². The molecule has 0 aromatic carbocycles. The molecule has 61 heavy (non-hydrogen) atoms. The third-order valence-corrected chi connectivity index (χ3v) is 12.8. The van der Waals surface area contributed by atoms with Gasteiger partial charge in [-0.1, -0.05) is 26.2 Å². The monoisotopic (exact) mass is 880 g/mol. The molecule has 5 aliphatic rings. The van der Waals surface area contributed by atoms with Crippen molar-refractivity contribution >= 4 is 11.9 Å². The second-order valence-electron chi connectivity index (χ2n) is 17.4. The molecule has 0 bridgehead atoms. The lowest BCUT2D eigenvalue weighted by atomic mass is 9.83. The van der Waals surface area contributed by atoms with Crippen LogP contribution < -0.4 is 45.0 Å². The van der Waals surface area contributed by atoms with Gasteiger partial charge in [-0.3, -0.25) is 9.79 Å². The number of ether oxygens (including phenoxy) is 6. The maximum atomic E-state index is 13.1. The number of rotatable bonds is 18. The van der Waals surface area contributed by atoms with Gasteiger partial charge in [0.1, 0.15) is 61.0 Å². The largest absolute Gasteiger partial charge is 0.394 e. The average molecular weight is 880 g/mol. The second-order valence-corrected chi connectivity index (χ2v) is 17.4. The van der Waals surface area contributed by atoms with Gasteiger partial charge in [0.25, 0.3) is 0 Å². The van der Waals surface area contributed by atoms with Crippen molar-refractivity contribution in [1.29, 1.82) is 0 Å². The lowest BCUT2D eigenvalue weighted by Gasteiger charge is -2.46. The van der Waals surface area contributed by atoms with Gasteiger partial charge in [-0.25, -0.2) is 0 Å². The number of carbonyl (C=O) groups excluding carboxylic acids is 1. The molecule has 2 aliphatic carbocycles. The summed E-state index contributed by atoms with van der Waals surface area (Å²) in [7, 11) is 0. The van der Waals surface area contributed by atoms with Crippen LogP contribution >= 0.6 is 0 Å². The molecule has 20 unspecified atom stereocenters. The Balaban J connectivity index is 1.30. The minimum Gasteiger partial charge on any atom is -0.394 e. The van der Waals surface area contributed by atoms with Crippen LogP contribution in [0, 0.1) is 5.92 Å². The van der Waals surface area contributed by atoms with E-state index >= 15 is 0 Å². The normalized spacial score (nSPS) is 43.9. The van der Waals surface area contributed by atoms with Crippen molar-refractivity contribution in [3.63, 3.8) is 0 Å².